The predicted molar refractivity (Wildman–Crippen MR) is 92.3 cm³/mol. The minimum atomic E-state index is -4.60. The summed E-state index contributed by atoms with van der Waals surface area (Å²) in [6.45, 7) is 1.87. The van der Waals surface area contributed by atoms with Crippen LogP contribution in [-0.2, 0) is 26.1 Å². The molecule has 0 saturated carbocycles. The molecule has 3 rings (SSSR count). The second kappa shape index (κ2) is 7.39. The van der Waals surface area contributed by atoms with Crippen LogP contribution in [0.3, 0.4) is 0 Å². The van der Waals surface area contributed by atoms with Crippen LogP contribution in [-0.4, -0.2) is 45.4 Å². The minimum Gasteiger partial charge on any atom is -0.369 e. The molecule has 0 radical (unpaired) electrons. The third-order valence-corrected chi connectivity index (χ3v) is 5.02. The molecule has 1 aliphatic heterocycles. The Hall–Kier alpha value is -2.08. The Labute approximate surface area is 161 Å². The molecule has 1 aliphatic rings. The predicted octanol–water partition coefficient (Wildman–Crippen LogP) is 3.77. The van der Waals surface area contributed by atoms with Gasteiger partial charge in [-0.25, -0.2) is 4.68 Å². The smallest absolute Gasteiger partial charge is 0.369 e. The maximum Gasteiger partial charge on any atom is 0.451 e. The SMILES string of the molecule is Cn1c(C(F)(F)F)nn(CN2CCN(c3cccc(C(F)(F)F)c3)CC2)c1=S. The number of aromatic nitrogens is 3. The van der Waals surface area contributed by atoms with E-state index in [4.69, 9.17) is 12.2 Å². The van der Waals surface area contributed by atoms with Gasteiger partial charge < -0.3 is 4.90 Å². The number of hydrogen-bond donors (Lipinski definition) is 0. The highest BCUT2D eigenvalue weighted by Crippen LogP contribution is 2.32. The summed E-state index contributed by atoms with van der Waals surface area (Å²) in [5.74, 6) is -1.07. The van der Waals surface area contributed by atoms with Crippen molar-refractivity contribution in [1.29, 1.82) is 0 Å². The Kier molecular flexibility index (Phi) is 5.45. The minimum absolute atomic E-state index is 0.0485. The number of benzene rings is 1. The van der Waals surface area contributed by atoms with Gasteiger partial charge in [0.15, 0.2) is 4.77 Å². The van der Waals surface area contributed by atoms with E-state index >= 15 is 0 Å². The molecule has 1 fully saturated rings. The van der Waals surface area contributed by atoms with E-state index in [1.807, 2.05) is 9.80 Å². The lowest BCUT2D eigenvalue weighted by Crippen LogP contribution is -2.47. The molecule has 0 bridgehead atoms. The van der Waals surface area contributed by atoms with E-state index in [2.05, 4.69) is 5.10 Å². The standard InChI is InChI=1S/C16H17F6N5S/c1-24-13(16(20,21)22)23-27(14(24)28)10-25-5-7-26(8-6-25)12-4-2-3-11(9-12)15(17,18)19/h2-4,9H,5-8,10H2,1H3. The first-order valence-corrected chi connectivity index (χ1v) is 8.73. The normalized spacial score (nSPS) is 16.6. The molecule has 1 aromatic heterocycles. The van der Waals surface area contributed by atoms with Crippen molar-refractivity contribution in [2.24, 2.45) is 7.05 Å². The van der Waals surface area contributed by atoms with Gasteiger partial charge in [0.1, 0.15) is 0 Å². The van der Waals surface area contributed by atoms with Crippen molar-refractivity contribution in [2.45, 2.75) is 19.0 Å². The lowest BCUT2D eigenvalue weighted by Gasteiger charge is -2.36. The summed E-state index contributed by atoms with van der Waals surface area (Å²) in [6.07, 6.45) is -9.01. The zero-order valence-corrected chi connectivity index (χ0v) is 15.6. The molecular formula is C16H17F6N5S. The Morgan fingerprint density at radius 3 is 2.18 bits per heavy atom. The molecule has 12 heteroatoms. The van der Waals surface area contributed by atoms with Gasteiger partial charge in [0.2, 0.25) is 5.82 Å². The molecule has 0 atom stereocenters. The van der Waals surface area contributed by atoms with Crippen LogP contribution in [0.25, 0.3) is 0 Å². The van der Waals surface area contributed by atoms with E-state index in [-0.39, 0.29) is 11.4 Å². The molecule has 2 aromatic rings. The fourth-order valence-corrected chi connectivity index (χ4v) is 3.23. The Morgan fingerprint density at radius 2 is 1.64 bits per heavy atom. The second-order valence-electron chi connectivity index (χ2n) is 6.46. The molecule has 154 valence electrons. The van der Waals surface area contributed by atoms with Gasteiger partial charge in [-0.05, 0) is 30.4 Å². The van der Waals surface area contributed by atoms with Crippen molar-refractivity contribution in [3.8, 4) is 0 Å². The average Bonchev–Trinajstić information content (AvgIpc) is 2.90. The second-order valence-corrected chi connectivity index (χ2v) is 6.82. The van der Waals surface area contributed by atoms with E-state index in [0.29, 0.717) is 31.9 Å². The molecule has 0 unspecified atom stereocenters. The number of nitrogens with zero attached hydrogens (tertiary/aromatic N) is 5. The molecule has 1 saturated heterocycles. The van der Waals surface area contributed by atoms with Gasteiger partial charge in [-0.2, -0.15) is 26.3 Å². The third-order valence-electron chi connectivity index (χ3n) is 4.54. The van der Waals surface area contributed by atoms with Gasteiger partial charge in [-0.1, -0.05) is 6.07 Å². The number of alkyl halides is 6. The lowest BCUT2D eigenvalue weighted by atomic mass is 10.1. The van der Waals surface area contributed by atoms with Gasteiger partial charge in [-0.3, -0.25) is 9.47 Å². The maximum absolute atomic E-state index is 12.9. The van der Waals surface area contributed by atoms with Crippen LogP contribution in [0.4, 0.5) is 32.0 Å². The number of anilines is 1. The van der Waals surface area contributed by atoms with Crippen LogP contribution in [0.2, 0.25) is 0 Å². The monoisotopic (exact) mass is 425 g/mol. The number of piperazine rings is 1. The number of rotatable bonds is 3. The quantitative estimate of drug-likeness (QED) is 0.553. The summed E-state index contributed by atoms with van der Waals surface area (Å²) in [6, 6.07) is 5.08. The molecule has 28 heavy (non-hydrogen) atoms. The summed E-state index contributed by atoms with van der Waals surface area (Å²) in [5, 5.41) is 3.56. The van der Waals surface area contributed by atoms with Gasteiger partial charge in [0, 0.05) is 38.9 Å². The van der Waals surface area contributed by atoms with Crippen LogP contribution in [0.15, 0.2) is 24.3 Å². The molecule has 0 aliphatic carbocycles. The third kappa shape index (κ3) is 4.32. The van der Waals surface area contributed by atoms with E-state index in [0.717, 1.165) is 21.4 Å². The molecule has 2 heterocycles. The first-order valence-electron chi connectivity index (χ1n) is 8.32. The molecule has 0 spiro atoms. The zero-order valence-electron chi connectivity index (χ0n) is 14.8. The van der Waals surface area contributed by atoms with Crippen LogP contribution >= 0.6 is 12.2 Å². The average molecular weight is 425 g/mol. The van der Waals surface area contributed by atoms with Gasteiger partial charge >= 0.3 is 12.4 Å². The van der Waals surface area contributed by atoms with Gasteiger partial charge in [0.25, 0.3) is 0 Å². The van der Waals surface area contributed by atoms with Crippen molar-refractivity contribution in [2.75, 3.05) is 31.1 Å². The van der Waals surface area contributed by atoms with Crippen molar-refractivity contribution < 1.29 is 26.3 Å². The van der Waals surface area contributed by atoms with Crippen LogP contribution < -0.4 is 4.90 Å². The molecule has 0 amide bonds. The van der Waals surface area contributed by atoms with Crippen molar-refractivity contribution in [3.63, 3.8) is 0 Å². The molecule has 5 nitrogen and oxygen atoms in total. The highest BCUT2D eigenvalue weighted by molar-refractivity contribution is 7.71. The number of hydrogen-bond acceptors (Lipinski definition) is 4. The molecule has 1 aromatic carbocycles. The Morgan fingerprint density at radius 1 is 1.00 bits per heavy atom. The summed E-state index contributed by atoms with van der Waals surface area (Å²) in [4.78, 5) is 3.66. The van der Waals surface area contributed by atoms with Crippen LogP contribution in [0, 0.1) is 4.77 Å². The topological polar surface area (TPSA) is 29.2 Å². The van der Waals surface area contributed by atoms with Crippen LogP contribution in [0.1, 0.15) is 11.4 Å². The first kappa shape index (κ1) is 20.6. The number of halogens is 6. The summed E-state index contributed by atoms with van der Waals surface area (Å²) in [7, 11) is 1.21. The van der Waals surface area contributed by atoms with Gasteiger partial charge in [0.05, 0.1) is 12.2 Å². The zero-order chi connectivity index (χ0) is 20.7. The van der Waals surface area contributed by atoms with E-state index in [1.54, 1.807) is 6.07 Å². The van der Waals surface area contributed by atoms with Crippen molar-refractivity contribution >= 4 is 17.9 Å². The molecular weight excluding hydrogens is 408 g/mol. The summed E-state index contributed by atoms with van der Waals surface area (Å²) < 4.78 is 79.3. The lowest BCUT2D eigenvalue weighted by molar-refractivity contribution is -0.147. The van der Waals surface area contributed by atoms with E-state index in [9.17, 15) is 26.3 Å². The van der Waals surface area contributed by atoms with E-state index in [1.165, 1.54) is 13.1 Å². The molecule has 0 N–H and O–H groups in total. The fourth-order valence-electron chi connectivity index (χ4n) is 3.04. The summed E-state index contributed by atoms with van der Waals surface area (Å²) in [5.41, 5.74) is -0.254. The van der Waals surface area contributed by atoms with Crippen LogP contribution in [0.5, 0.6) is 0 Å². The van der Waals surface area contributed by atoms with E-state index < -0.39 is 23.7 Å². The maximum atomic E-state index is 12.9. The van der Waals surface area contributed by atoms with Crippen molar-refractivity contribution in [1.82, 2.24) is 19.2 Å². The van der Waals surface area contributed by atoms with Gasteiger partial charge in [-0.15, -0.1) is 5.10 Å². The first-order chi connectivity index (χ1) is 13.0. The van der Waals surface area contributed by atoms with Crippen molar-refractivity contribution in [3.05, 3.63) is 40.4 Å². The highest BCUT2D eigenvalue weighted by Gasteiger charge is 2.37. The Bertz CT molecular complexity index is 892. The largest absolute Gasteiger partial charge is 0.451 e. The highest BCUT2D eigenvalue weighted by atomic mass is 32.1. The summed E-state index contributed by atoms with van der Waals surface area (Å²) >= 11 is 5.02. The Balaban J connectivity index is 1.66. The fraction of sp³-hybridized carbons (Fsp3) is 0.500.